The molecule has 0 unspecified atom stereocenters. The molecule has 0 atom stereocenters. The molecule has 0 aliphatic carbocycles. The number of aliphatic hydroxyl groups is 1. The zero-order chi connectivity index (χ0) is 22.2. The van der Waals surface area contributed by atoms with Crippen molar-refractivity contribution in [1.82, 2.24) is 0 Å². The molecular weight excluding hydrogens is 400 g/mol. The molecule has 0 saturated carbocycles. The molecule has 7 nitrogen and oxygen atoms in total. The van der Waals surface area contributed by atoms with Gasteiger partial charge >= 0.3 is 17.9 Å². The van der Waals surface area contributed by atoms with Crippen LogP contribution in [0.25, 0.3) is 0 Å². The normalized spacial score (nSPS) is 10.4. The van der Waals surface area contributed by atoms with Crippen LogP contribution in [0.5, 0.6) is 0 Å². The van der Waals surface area contributed by atoms with Gasteiger partial charge in [0.25, 0.3) is 0 Å². The van der Waals surface area contributed by atoms with Crippen LogP contribution in [-0.2, 0) is 29.3 Å². The maximum absolute atomic E-state index is 12.3. The van der Waals surface area contributed by atoms with Crippen molar-refractivity contribution in [3.63, 3.8) is 0 Å². The Kier molecular flexibility index (Phi) is 7.13. The third-order valence-electron chi connectivity index (χ3n) is 4.51. The van der Waals surface area contributed by atoms with Gasteiger partial charge in [0, 0.05) is 0 Å². The molecule has 7 heteroatoms. The Morgan fingerprint density at radius 2 is 1.39 bits per heavy atom. The Morgan fingerprint density at radius 3 is 2.10 bits per heavy atom. The molecule has 0 aliphatic heterocycles. The van der Waals surface area contributed by atoms with Crippen LogP contribution in [0, 0.1) is 0 Å². The number of ether oxygens (including phenoxy) is 2. The van der Waals surface area contributed by atoms with Crippen molar-refractivity contribution in [2.45, 2.75) is 19.8 Å². The van der Waals surface area contributed by atoms with Crippen molar-refractivity contribution < 1.29 is 34.1 Å². The van der Waals surface area contributed by atoms with Gasteiger partial charge in [-0.25, -0.2) is 14.4 Å². The lowest BCUT2D eigenvalue weighted by atomic mass is 10.1. The predicted octanol–water partition coefficient (Wildman–Crippen LogP) is 3.59. The second-order valence-corrected chi connectivity index (χ2v) is 6.67. The Labute approximate surface area is 178 Å². The number of benzene rings is 3. The third kappa shape index (κ3) is 5.77. The Bertz CT molecular complexity index is 1090. The maximum Gasteiger partial charge on any atom is 0.338 e. The number of carbonyl (C=O) groups excluding carboxylic acids is 2. The SMILES string of the molecule is O=C(O)c1ccc(COC(=O)c2cccc(COC(=O)c3ccccc3CO)c2)cc1. The van der Waals surface area contributed by atoms with Crippen LogP contribution in [0.15, 0.2) is 72.8 Å². The molecule has 3 aromatic rings. The number of carbonyl (C=O) groups is 3. The number of aliphatic hydroxyl groups excluding tert-OH is 1. The van der Waals surface area contributed by atoms with E-state index in [0.29, 0.717) is 22.3 Å². The molecule has 0 spiro atoms. The number of esters is 2. The highest BCUT2D eigenvalue weighted by Crippen LogP contribution is 2.14. The first kappa shape index (κ1) is 21.7. The van der Waals surface area contributed by atoms with E-state index in [0.717, 1.165) is 0 Å². The van der Waals surface area contributed by atoms with Gasteiger partial charge < -0.3 is 19.7 Å². The standard InChI is InChI=1S/C24H20O7/c25-13-20-5-1-2-7-21(20)24(29)31-15-17-4-3-6-19(12-17)23(28)30-14-16-8-10-18(11-9-16)22(26)27/h1-12,25H,13-15H2,(H,26,27). The quantitative estimate of drug-likeness (QED) is 0.536. The average Bonchev–Trinajstić information content (AvgIpc) is 2.81. The van der Waals surface area contributed by atoms with Crippen LogP contribution >= 0.6 is 0 Å². The van der Waals surface area contributed by atoms with Gasteiger partial charge in [-0.3, -0.25) is 0 Å². The minimum absolute atomic E-state index is 0.00408. The van der Waals surface area contributed by atoms with Gasteiger partial charge in [-0.15, -0.1) is 0 Å². The summed E-state index contributed by atoms with van der Waals surface area (Å²) in [5.74, 6) is -2.15. The summed E-state index contributed by atoms with van der Waals surface area (Å²) in [6.07, 6.45) is 0. The highest BCUT2D eigenvalue weighted by Gasteiger charge is 2.13. The fourth-order valence-corrected chi connectivity index (χ4v) is 2.85. The molecule has 0 saturated heterocycles. The Hall–Kier alpha value is -3.97. The molecule has 0 aliphatic rings. The molecule has 0 bridgehead atoms. The van der Waals surface area contributed by atoms with E-state index >= 15 is 0 Å². The molecule has 3 rings (SSSR count). The van der Waals surface area contributed by atoms with Gasteiger partial charge in [0.15, 0.2) is 0 Å². The summed E-state index contributed by atoms with van der Waals surface area (Å²) in [6, 6.07) is 19.2. The van der Waals surface area contributed by atoms with Gasteiger partial charge in [-0.05, 0) is 47.0 Å². The molecule has 3 aromatic carbocycles. The number of hydrogen-bond donors (Lipinski definition) is 2. The average molecular weight is 420 g/mol. The minimum atomic E-state index is -1.03. The Balaban J connectivity index is 1.58. The maximum atomic E-state index is 12.3. The topological polar surface area (TPSA) is 110 Å². The lowest BCUT2D eigenvalue weighted by molar-refractivity contribution is 0.0468. The van der Waals surface area contributed by atoms with Gasteiger partial charge in [0.05, 0.1) is 23.3 Å². The molecule has 0 amide bonds. The lowest BCUT2D eigenvalue weighted by Crippen LogP contribution is -2.09. The van der Waals surface area contributed by atoms with Gasteiger partial charge in [0.1, 0.15) is 13.2 Å². The van der Waals surface area contributed by atoms with Gasteiger partial charge in [-0.1, -0.05) is 42.5 Å². The smallest absolute Gasteiger partial charge is 0.338 e. The van der Waals surface area contributed by atoms with Crippen molar-refractivity contribution in [3.05, 3.63) is 106 Å². The Morgan fingerprint density at radius 1 is 0.710 bits per heavy atom. The molecule has 158 valence electrons. The second-order valence-electron chi connectivity index (χ2n) is 6.67. The third-order valence-corrected chi connectivity index (χ3v) is 4.51. The number of carboxylic acid groups (broad SMARTS) is 1. The second kappa shape index (κ2) is 10.2. The molecule has 0 heterocycles. The highest BCUT2D eigenvalue weighted by molar-refractivity contribution is 5.91. The molecule has 31 heavy (non-hydrogen) atoms. The lowest BCUT2D eigenvalue weighted by Gasteiger charge is -2.09. The fourth-order valence-electron chi connectivity index (χ4n) is 2.85. The molecule has 0 aromatic heterocycles. The summed E-state index contributed by atoms with van der Waals surface area (Å²) in [6.45, 7) is -0.322. The summed E-state index contributed by atoms with van der Waals surface area (Å²) < 4.78 is 10.6. The molecular formula is C24H20O7. The number of aromatic carboxylic acids is 1. The van der Waals surface area contributed by atoms with Crippen molar-refractivity contribution in [2.75, 3.05) is 0 Å². The summed E-state index contributed by atoms with van der Waals surface area (Å²) in [7, 11) is 0. The highest BCUT2D eigenvalue weighted by atomic mass is 16.5. The van der Waals surface area contributed by atoms with Crippen molar-refractivity contribution in [3.8, 4) is 0 Å². The van der Waals surface area contributed by atoms with Crippen LogP contribution < -0.4 is 0 Å². The van der Waals surface area contributed by atoms with E-state index in [1.54, 1.807) is 60.7 Å². The largest absolute Gasteiger partial charge is 0.478 e. The summed E-state index contributed by atoms with van der Waals surface area (Å²) in [5, 5.41) is 18.2. The van der Waals surface area contributed by atoms with E-state index in [2.05, 4.69) is 0 Å². The first-order chi connectivity index (χ1) is 15.0. The van der Waals surface area contributed by atoms with Crippen LogP contribution in [0.1, 0.15) is 47.8 Å². The summed E-state index contributed by atoms with van der Waals surface area (Å²) in [4.78, 5) is 35.5. The minimum Gasteiger partial charge on any atom is -0.478 e. The van der Waals surface area contributed by atoms with Crippen LogP contribution in [0.4, 0.5) is 0 Å². The van der Waals surface area contributed by atoms with E-state index in [1.165, 1.54) is 12.1 Å². The summed E-state index contributed by atoms with van der Waals surface area (Å²) >= 11 is 0. The van der Waals surface area contributed by atoms with Gasteiger partial charge in [-0.2, -0.15) is 0 Å². The van der Waals surface area contributed by atoms with Crippen molar-refractivity contribution in [2.24, 2.45) is 0 Å². The number of hydrogen-bond acceptors (Lipinski definition) is 6. The van der Waals surface area contributed by atoms with E-state index in [1.807, 2.05) is 0 Å². The van der Waals surface area contributed by atoms with Crippen LogP contribution in [0.2, 0.25) is 0 Å². The molecule has 2 N–H and O–H groups in total. The van der Waals surface area contributed by atoms with Gasteiger partial charge in [0.2, 0.25) is 0 Å². The molecule has 0 radical (unpaired) electrons. The monoisotopic (exact) mass is 420 g/mol. The van der Waals surface area contributed by atoms with E-state index in [-0.39, 0.29) is 30.9 Å². The fraction of sp³-hybridized carbons (Fsp3) is 0.125. The number of rotatable bonds is 8. The zero-order valence-corrected chi connectivity index (χ0v) is 16.5. The number of carboxylic acids is 1. The van der Waals surface area contributed by atoms with Crippen LogP contribution in [-0.4, -0.2) is 28.1 Å². The van der Waals surface area contributed by atoms with Crippen molar-refractivity contribution in [1.29, 1.82) is 0 Å². The van der Waals surface area contributed by atoms with Crippen LogP contribution in [0.3, 0.4) is 0 Å². The van der Waals surface area contributed by atoms with E-state index in [4.69, 9.17) is 14.6 Å². The summed E-state index contributed by atoms with van der Waals surface area (Å²) in [5.41, 5.74) is 2.47. The zero-order valence-electron chi connectivity index (χ0n) is 16.5. The van der Waals surface area contributed by atoms with E-state index < -0.39 is 17.9 Å². The predicted molar refractivity (Wildman–Crippen MR) is 110 cm³/mol. The first-order valence-corrected chi connectivity index (χ1v) is 9.42. The van der Waals surface area contributed by atoms with Crippen molar-refractivity contribution >= 4 is 17.9 Å². The van der Waals surface area contributed by atoms with E-state index in [9.17, 15) is 19.5 Å². The molecule has 0 fully saturated rings. The first-order valence-electron chi connectivity index (χ1n) is 9.42.